The fraction of sp³-hybridized carbons (Fsp3) is 0.128. The van der Waals surface area contributed by atoms with Gasteiger partial charge in [-0.2, -0.15) is 0 Å². The predicted molar refractivity (Wildman–Crippen MR) is 188 cm³/mol. The van der Waals surface area contributed by atoms with Gasteiger partial charge in [-0.25, -0.2) is 0 Å². The fourth-order valence-electron chi connectivity index (χ4n) is 4.89. The zero-order valence-corrected chi connectivity index (χ0v) is 28.8. The molecule has 2 nitrogen and oxygen atoms in total. The van der Waals surface area contributed by atoms with Crippen molar-refractivity contribution in [2.24, 2.45) is 0 Å². The molecule has 0 bridgehead atoms. The molecule has 0 aliphatic heterocycles. The van der Waals surface area contributed by atoms with Crippen LogP contribution in [-0.2, 0) is 20.1 Å². The van der Waals surface area contributed by atoms with Gasteiger partial charge in [0.1, 0.15) is 0 Å². The predicted octanol–water partition coefficient (Wildman–Crippen LogP) is 10.3. The van der Waals surface area contributed by atoms with Gasteiger partial charge in [-0.3, -0.25) is 0 Å². The van der Waals surface area contributed by atoms with Gasteiger partial charge in [0.05, 0.1) is 8.07 Å². The van der Waals surface area contributed by atoms with Crippen molar-refractivity contribution >= 4 is 44.8 Å². The Morgan fingerprint density at radius 1 is 0.705 bits per heavy atom. The second kappa shape index (κ2) is 13.5. The summed E-state index contributed by atoms with van der Waals surface area (Å²) in [5.74, 6) is 0. The van der Waals surface area contributed by atoms with E-state index in [0.717, 1.165) is 37.0 Å². The van der Waals surface area contributed by atoms with Crippen LogP contribution in [0.1, 0.15) is 19.4 Å². The summed E-state index contributed by atoms with van der Waals surface area (Å²) in [5, 5.41) is 3.16. The molecule has 44 heavy (non-hydrogen) atoms. The topological polar surface area (TPSA) is 25.8 Å². The minimum absolute atomic E-state index is 0. The second-order valence-electron chi connectivity index (χ2n) is 11.3. The van der Waals surface area contributed by atoms with Crippen LogP contribution in [-0.4, -0.2) is 18.0 Å². The summed E-state index contributed by atoms with van der Waals surface area (Å²) >= 11 is 1.43. The number of thiophene rings is 1. The third kappa shape index (κ3) is 6.82. The molecule has 1 radical (unpaired) electrons. The largest absolute Gasteiger partial charge is 0.305 e. The summed E-state index contributed by atoms with van der Waals surface area (Å²) in [6, 6.07) is 38.5. The van der Waals surface area contributed by atoms with E-state index in [2.05, 4.69) is 53.9 Å². The van der Waals surface area contributed by atoms with Gasteiger partial charge in [0.15, 0.2) is 0 Å². The number of benzene rings is 4. The molecule has 0 unspecified atom stereocenters. The van der Waals surface area contributed by atoms with Gasteiger partial charge in [-0.1, -0.05) is 98.8 Å². The Labute approximate surface area is 287 Å². The van der Waals surface area contributed by atoms with Crippen molar-refractivity contribution in [2.75, 3.05) is 0 Å². The minimum atomic E-state index is -2.27. The number of aromatic nitrogens is 2. The molecular weight excluding hydrogens is 749 g/mol. The molecule has 221 valence electrons. The molecule has 0 spiro atoms. The molecule has 0 saturated heterocycles. The van der Waals surface area contributed by atoms with Gasteiger partial charge in [0.25, 0.3) is 0 Å². The van der Waals surface area contributed by atoms with Gasteiger partial charge in [-0.15, -0.1) is 76.6 Å². The van der Waals surface area contributed by atoms with Crippen LogP contribution in [0.3, 0.4) is 0 Å². The average molecular weight is 789 g/mol. The zero-order chi connectivity index (χ0) is 35.0. The van der Waals surface area contributed by atoms with Crippen molar-refractivity contribution < 1.29 is 28.3 Å². The van der Waals surface area contributed by atoms with E-state index in [0.29, 0.717) is 22.4 Å². The smallest absolute Gasteiger partial charge is 0.0795 e. The number of fused-ring (bicyclic) bond motifs is 3. The average Bonchev–Trinajstić information content (AvgIpc) is 3.46. The first-order valence-corrected chi connectivity index (χ1v) is 18.4. The molecule has 0 fully saturated rings. The van der Waals surface area contributed by atoms with Crippen LogP contribution in [0.5, 0.6) is 0 Å². The fourth-order valence-corrected chi connectivity index (χ4v) is 7.05. The summed E-state index contributed by atoms with van der Waals surface area (Å²) in [4.78, 5) is 9.13. The maximum Gasteiger partial charge on any atom is 0.0795 e. The van der Waals surface area contributed by atoms with Crippen molar-refractivity contribution in [3.63, 3.8) is 0 Å². The first-order valence-electron chi connectivity index (χ1n) is 17.1. The van der Waals surface area contributed by atoms with Crippen molar-refractivity contribution in [3.05, 3.63) is 139 Å². The van der Waals surface area contributed by atoms with Crippen molar-refractivity contribution in [2.45, 2.75) is 33.3 Å². The van der Waals surface area contributed by atoms with Crippen LogP contribution in [0.2, 0.25) is 19.6 Å². The number of pyridine rings is 2. The first-order chi connectivity index (χ1) is 23.2. The van der Waals surface area contributed by atoms with E-state index in [1.54, 1.807) is 18.3 Å². The molecule has 0 amide bonds. The molecule has 3 heterocycles. The Balaban J connectivity index is 0.000000241. The van der Waals surface area contributed by atoms with Crippen LogP contribution in [0.15, 0.2) is 116 Å². The Bertz CT molecular complexity index is 2230. The summed E-state index contributed by atoms with van der Waals surface area (Å²) in [6.07, 6.45) is 3.77. The zero-order valence-electron chi connectivity index (χ0n) is 30.6. The van der Waals surface area contributed by atoms with E-state index in [9.17, 15) is 0 Å². The third-order valence-corrected chi connectivity index (χ3v) is 10.5. The molecule has 4 aromatic carbocycles. The number of aryl methyl sites for hydroxylation is 2. The van der Waals surface area contributed by atoms with E-state index >= 15 is 0 Å². The van der Waals surface area contributed by atoms with Gasteiger partial charge in [0, 0.05) is 60.9 Å². The summed E-state index contributed by atoms with van der Waals surface area (Å²) in [5.41, 5.74) is 5.39. The van der Waals surface area contributed by atoms with Gasteiger partial charge in [-0.05, 0) is 34.6 Å². The molecule has 0 atom stereocenters. The normalized spacial score (nSPS) is 13.7. The molecule has 3 aromatic heterocycles. The van der Waals surface area contributed by atoms with Crippen LogP contribution in [0, 0.1) is 25.8 Å². The van der Waals surface area contributed by atoms with Crippen molar-refractivity contribution in [3.8, 4) is 33.6 Å². The minimum Gasteiger partial charge on any atom is -0.305 e. The van der Waals surface area contributed by atoms with E-state index in [4.69, 9.17) is 8.22 Å². The number of hydrogen-bond acceptors (Lipinski definition) is 3. The standard InChI is InChI=1S/C25H18NS.C14H16NSi.Ir/c1-16-11-12-19(13-21(16)18-8-4-3-5-9-18)23-14-24-22(15-26-23)20-10-6-7-17(2)25(20)27-24;1-16(2,3)13-9-10-14(15-11-13)12-7-5-4-6-8-12;/h3-11,13-15H,1-2H3;4-7,9-11H,1-3H3;/q2*-1;/i1D3,2D3;;. The Morgan fingerprint density at radius 3 is 2.20 bits per heavy atom. The molecule has 5 heteroatoms. The Hall–Kier alpha value is -3.73. The first kappa shape index (κ1) is 24.6. The summed E-state index contributed by atoms with van der Waals surface area (Å²) in [7, 11) is -1.23. The molecule has 0 saturated carbocycles. The third-order valence-electron chi connectivity index (χ3n) is 7.31. The monoisotopic (exact) mass is 789 g/mol. The van der Waals surface area contributed by atoms with Crippen LogP contribution in [0.25, 0.3) is 53.8 Å². The number of hydrogen-bond donors (Lipinski definition) is 0. The van der Waals surface area contributed by atoms with Gasteiger partial charge < -0.3 is 9.97 Å². The molecule has 7 rings (SSSR count). The maximum absolute atomic E-state index is 7.93. The van der Waals surface area contributed by atoms with Gasteiger partial charge >= 0.3 is 0 Å². The summed E-state index contributed by atoms with van der Waals surface area (Å²) in [6.45, 7) is 2.53. The van der Waals surface area contributed by atoms with E-state index in [1.807, 2.05) is 79.0 Å². The van der Waals surface area contributed by atoms with E-state index in [1.165, 1.54) is 22.6 Å². The van der Waals surface area contributed by atoms with Crippen LogP contribution < -0.4 is 5.19 Å². The molecule has 0 aliphatic rings. The summed E-state index contributed by atoms with van der Waals surface area (Å²) < 4.78 is 49.0. The van der Waals surface area contributed by atoms with E-state index in [-0.39, 0.29) is 25.7 Å². The number of rotatable bonds is 4. The molecule has 7 aromatic rings. The maximum atomic E-state index is 7.93. The van der Waals surface area contributed by atoms with Crippen LogP contribution in [0.4, 0.5) is 0 Å². The molecule has 0 aliphatic carbocycles. The number of nitrogens with zero attached hydrogens (tertiary/aromatic N) is 2. The van der Waals surface area contributed by atoms with Crippen LogP contribution >= 0.6 is 11.3 Å². The molecule has 0 N–H and O–H groups in total. The van der Waals surface area contributed by atoms with Gasteiger partial charge in [0.2, 0.25) is 0 Å². The van der Waals surface area contributed by atoms with Crippen molar-refractivity contribution in [1.29, 1.82) is 0 Å². The Morgan fingerprint density at radius 2 is 1.50 bits per heavy atom. The second-order valence-corrected chi connectivity index (χ2v) is 17.5. The molecular formula is C39H34IrN2SSi-2. The van der Waals surface area contributed by atoms with Crippen molar-refractivity contribution in [1.82, 2.24) is 9.97 Å². The van der Waals surface area contributed by atoms with E-state index < -0.39 is 21.8 Å². The Kier molecular flexibility index (Phi) is 7.54. The SMILES string of the molecule is C[Si](C)(C)c1ccc(-c2[c-]cccc2)nc1.[2H]C([2H])([2H])c1c[c-]c(-c2cc3sc4c(C([2H])([2H])[2H])cccc4c3cn2)cc1-c1ccccc1.[Ir]. The quantitative estimate of drug-likeness (QED) is 0.131.